The quantitative estimate of drug-likeness (QED) is 0.722. The van der Waals surface area contributed by atoms with E-state index in [1.165, 1.54) is 6.20 Å². The summed E-state index contributed by atoms with van der Waals surface area (Å²) in [6.07, 6.45) is 7.02. The van der Waals surface area contributed by atoms with E-state index in [0.717, 1.165) is 0 Å². The summed E-state index contributed by atoms with van der Waals surface area (Å²) in [5.74, 6) is 2.08. The number of carbonyl (C=O) groups is 2. The topological polar surface area (TPSA) is 98.2 Å². The van der Waals surface area contributed by atoms with Crippen molar-refractivity contribution in [1.82, 2.24) is 10.3 Å². The third-order valence-electron chi connectivity index (χ3n) is 3.32. The molecule has 0 fully saturated rings. The van der Waals surface area contributed by atoms with Gasteiger partial charge in [0, 0.05) is 29.8 Å². The lowest BCUT2D eigenvalue weighted by Gasteiger charge is -2.12. The molecule has 2 rings (SSSR count). The Morgan fingerprint density at radius 1 is 1.40 bits per heavy atom. The largest absolute Gasteiger partial charge is 0.441 e. The van der Waals surface area contributed by atoms with Crippen molar-refractivity contribution in [3.05, 3.63) is 40.3 Å². The number of hydrogen-bond donors (Lipinski definition) is 2. The Hall–Kier alpha value is -2.49. The number of hydrogen-bond acceptors (Lipinski definition) is 4. The minimum atomic E-state index is -0.884. The van der Waals surface area contributed by atoms with Gasteiger partial charge in [0.25, 0.3) is 0 Å². The molecule has 1 aromatic heterocycles. The average molecular weight is 380 g/mol. The van der Waals surface area contributed by atoms with Crippen molar-refractivity contribution in [2.45, 2.75) is 25.3 Å². The molecule has 0 aliphatic carbocycles. The average Bonchev–Trinajstić information content (AvgIpc) is 3.01. The third kappa shape index (κ3) is 5.24. The third-order valence-corrected chi connectivity index (χ3v) is 3.86. The second-order valence-corrected chi connectivity index (χ2v) is 6.02. The van der Waals surface area contributed by atoms with Crippen LogP contribution < -0.4 is 11.1 Å². The van der Waals surface area contributed by atoms with Crippen molar-refractivity contribution in [1.29, 1.82) is 0 Å². The number of aromatic nitrogens is 1. The molecule has 0 bridgehead atoms. The van der Waals surface area contributed by atoms with E-state index in [0.29, 0.717) is 27.3 Å². The number of carbonyl (C=O) groups excluding carboxylic acids is 2. The standard InChI is InChI=1S/C17H15Cl2N3O3/c1-2-3-13(17(20)24)22-15(23)6-7-16-21-9-14(25-16)11-5-4-10(18)8-12(11)19/h1,4-5,8-9,13H,3,6-7H2,(H2,20,24)(H,22,23)/t13-/m1/s1. The van der Waals surface area contributed by atoms with Crippen molar-refractivity contribution in [3.8, 4) is 23.7 Å². The molecule has 1 atom stereocenters. The fraction of sp³-hybridized carbons (Fsp3) is 0.235. The van der Waals surface area contributed by atoms with Crippen molar-refractivity contribution in [3.63, 3.8) is 0 Å². The van der Waals surface area contributed by atoms with Gasteiger partial charge in [0.1, 0.15) is 6.04 Å². The van der Waals surface area contributed by atoms with E-state index in [4.69, 9.17) is 39.8 Å². The molecule has 0 aliphatic heterocycles. The molecule has 8 heteroatoms. The van der Waals surface area contributed by atoms with E-state index in [9.17, 15) is 9.59 Å². The molecule has 3 N–H and O–H groups in total. The summed E-state index contributed by atoms with van der Waals surface area (Å²) in [5, 5.41) is 3.43. The van der Waals surface area contributed by atoms with Crippen LogP contribution in [0.15, 0.2) is 28.8 Å². The summed E-state index contributed by atoms with van der Waals surface area (Å²) >= 11 is 12.0. The molecule has 0 radical (unpaired) electrons. The van der Waals surface area contributed by atoms with Crippen molar-refractivity contribution in [2.75, 3.05) is 0 Å². The molecule has 2 amide bonds. The highest BCUT2D eigenvalue weighted by Gasteiger charge is 2.17. The Bertz CT molecular complexity index is 827. The normalized spacial score (nSPS) is 11.6. The van der Waals surface area contributed by atoms with Crippen LogP contribution >= 0.6 is 23.2 Å². The monoisotopic (exact) mass is 379 g/mol. The Kier molecular flexibility index (Phi) is 6.45. The van der Waals surface area contributed by atoms with Gasteiger partial charge in [-0.25, -0.2) is 4.98 Å². The molecule has 0 spiro atoms. The highest BCUT2D eigenvalue weighted by Crippen LogP contribution is 2.30. The van der Waals surface area contributed by atoms with Gasteiger partial charge < -0.3 is 15.5 Å². The highest BCUT2D eigenvalue weighted by molar-refractivity contribution is 6.36. The molecule has 6 nitrogen and oxygen atoms in total. The van der Waals surface area contributed by atoms with Gasteiger partial charge in [-0.15, -0.1) is 12.3 Å². The van der Waals surface area contributed by atoms with Crippen LogP contribution in [0.5, 0.6) is 0 Å². The second-order valence-electron chi connectivity index (χ2n) is 5.17. The van der Waals surface area contributed by atoms with Gasteiger partial charge in [0.2, 0.25) is 11.8 Å². The van der Waals surface area contributed by atoms with Crippen molar-refractivity contribution < 1.29 is 14.0 Å². The Balaban J connectivity index is 1.96. The predicted octanol–water partition coefficient (Wildman–Crippen LogP) is 2.57. The predicted molar refractivity (Wildman–Crippen MR) is 94.9 cm³/mol. The Morgan fingerprint density at radius 2 is 2.16 bits per heavy atom. The van der Waals surface area contributed by atoms with E-state index >= 15 is 0 Å². The number of rotatable bonds is 7. The smallest absolute Gasteiger partial charge is 0.240 e. The second kappa shape index (κ2) is 8.56. The van der Waals surface area contributed by atoms with Crippen molar-refractivity contribution >= 4 is 35.0 Å². The molecule has 1 heterocycles. The lowest BCUT2D eigenvalue weighted by atomic mass is 10.2. The van der Waals surface area contributed by atoms with Gasteiger partial charge >= 0.3 is 0 Å². The van der Waals surface area contributed by atoms with Crippen LogP contribution in [0.4, 0.5) is 0 Å². The molecule has 2 aromatic rings. The van der Waals surface area contributed by atoms with Gasteiger partial charge in [-0.05, 0) is 18.2 Å². The summed E-state index contributed by atoms with van der Waals surface area (Å²) in [6.45, 7) is 0. The van der Waals surface area contributed by atoms with Crippen LogP contribution in [0, 0.1) is 12.3 Å². The lowest BCUT2D eigenvalue weighted by Crippen LogP contribution is -2.44. The number of primary amides is 1. The van der Waals surface area contributed by atoms with Crippen LogP contribution in [0.2, 0.25) is 10.0 Å². The maximum absolute atomic E-state index is 11.9. The number of halogens is 2. The van der Waals surface area contributed by atoms with E-state index in [-0.39, 0.29) is 25.2 Å². The number of terminal acetylenes is 1. The number of nitrogens with zero attached hydrogens (tertiary/aromatic N) is 1. The molecule has 25 heavy (non-hydrogen) atoms. The molecule has 0 saturated heterocycles. The number of oxazole rings is 1. The zero-order valence-electron chi connectivity index (χ0n) is 13.1. The zero-order valence-corrected chi connectivity index (χ0v) is 14.6. The SMILES string of the molecule is C#CC[C@@H](NC(=O)CCc1ncc(-c2ccc(Cl)cc2Cl)o1)C(N)=O. The number of aryl methyl sites for hydroxylation is 1. The Morgan fingerprint density at radius 3 is 2.80 bits per heavy atom. The minimum absolute atomic E-state index is 0.0410. The van der Waals surface area contributed by atoms with Gasteiger partial charge in [-0.1, -0.05) is 23.2 Å². The number of amides is 2. The van der Waals surface area contributed by atoms with E-state index in [1.807, 2.05) is 0 Å². The first-order valence-corrected chi connectivity index (χ1v) is 8.08. The van der Waals surface area contributed by atoms with Gasteiger partial charge in [-0.2, -0.15) is 0 Å². The molecular weight excluding hydrogens is 365 g/mol. The summed E-state index contributed by atoms with van der Waals surface area (Å²) in [7, 11) is 0. The fourth-order valence-electron chi connectivity index (χ4n) is 2.07. The summed E-state index contributed by atoms with van der Waals surface area (Å²) < 4.78 is 5.60. The maximum Gasteiger partial charge on any atom is 0.240 e. The van der Waals surface area contributed by atoms with Crippen LogP contribution in [-0.4, -0.2) is 22.8 Å². The first-order valence-electron chi connectivity index (χ1n) is 7.33. The van der Waals surface area contributed by atoms with Gasteiger partial charge in [0.15, 0.2) is 11.7 Å². The number of nitrogens with two attached hydrogens (primary N) is 1. The van der Waals surface area contributed by atoms with E-state index in [1.54, 1.807) is 18.2 Å². The Labute approximate surface area is 154 Å². The molecule has 1 aromatic carbocycles. The summed E-state index contributed by atoms with van der Waals surface area (Å²) in [4.78, 5) is 27.2. The first-order chi connectivity index (χ1) is 11.9. The molecule has 0 saturated carbocycles. The van der Waals surface area contributed by atoms with Crippen molar-refractivity contribution in [2.24, 2.45) is 5.73 Å². The maximum atomic E-state index is 11.9. The van der Waals surface area contributed by atoms with E-state index < -0.39 is 11.9 Å². The molecule has 0 aliphatic rings. The number of benzene rings is 1. The summed E-state index contributed by atoms with van der Waals surface area (Å²) in [5.41, 5.74) is 5.82. The molecule has 0 unspecified atom stereocenters. The highest BCUT2D eigenvalue weighted by atomic mass is 35.5. The van der Waals surface area contributed by atoms with Crippen LogP contribution in [0.3, 0.4) is 0 Å². The first kappa shape index (κ1) is 18.8. The van der Waals surface area contributed by atoms with Crippen LogP contribution in [0.25, 0.3) is 11.3 Å². The van der Waals surface area contributed by atoms with Gasteiger partial charge in [0.05, 0.1) is 11.2 Å². The minimum Gasteiger partial charge on any atom is -0.441 e. The van der Waals surface area contributed by atoms with Crippen LogP contribution in [-0.2, 0) is 16.0 Å². The summed E-state index contributed by atoms with van der Waals surface area (Å²) in [6, 6.07) is 4.13. The molecule has 130 valence electrons. The molecular formula is C17H15Cl2N3O3. The zero-order chi connectivity index (χ0) is 18.4. The fourth-order valence-corrected chi connectivity index (χ4v) is 2.57. The van der Waals surface area contributed by atoms with E-state index in [2.05, 4.69) is 16.2 Å². The van der Waals surface area contributed by atoms with Crippen LogP contribution in [0.1, 0.15) is 18.7 Å². The van der Waals surface area contributed by atoms with Gasteiger partial charge in [-0.3, -0.25) is 9.59 Å². The number of nitrogens with one attached hydrogen (secondary N) is 1. The lowest BCUT2D eigenvalue weighted by molar-refractivity contribution is -0.127.